The summed E-state index contributed by atoms with van der Waals surface area (Å²) in [6, 6.07) is 12.8. The predicted molar refractivity (Wildman–Crippen MR) is 99.0 cm³/mol. The molecular weight excluding hydrogens is 356 g/mol. The van der Waals surface area contributed by atoms with Gasteiger partial charge in [0.05, 0.1) is 12.5 Å². The minimum absolute atomic E-state index is 0.0331. The van der Waals surface area contributed by atoms with Crippen molar-refractivity contribution in [3.8, 4) is 5.75 Å². The van der Waals surface area contributed by atoms with Crippen LogP contribution in [0, 0.1) is 0 Å². The second-order valence-electron chi connectivity index (χ2n) is 5.69. The van der Waals surface area contributed by atoms with Crippen LogP contribution in [0.5, 0.6) is 5.75 Å². The maximum Gasteiger partial charge on any atom is 0.313 e. The van der Waals surface area contributed by atoms with Crippen molar-refractivity contribution in [1.29, 1.82) is 0 Å². The number of hydrogen-bond donors (Lipinski definition) is 2. The zero-order valence-corrected chi connectivity index (χ0v) is 15.2. The number of rotatable bonds is 6. The largest absolute Gasteiger partial charge is 0.426 e. The van der Waals surface area contributed by atoms with Crippen LogP contribution in [0.4, 0.5) is 5.69 Å². The van der Waals surface area contributed by atoms with E-state index in [1.165, 1.54) is 13.8 Å². The summed E-state index contributed by atoms with van der Waals surface area (Å²) in [4.78, 5) is 34.7. The van der Waals surface area contributed by atoms with E-state index in [9.17, 15) is 14.4 Å². The summed E-state index contributed by atoms with van der Waals surface area (Å²) in [5.74, 6) is -0.582. The van der Waals surface area contributed by atoms with Crippen molar-refractivity contribution in [2.75, 3.05) is 5.32 Å². The molecule has 0 saturated carbocycles. The molecule has 6 nitrogen and oxygen atoms in total. The predicted octanol–water partition coefficient (Wildman–Crippen LogP) is 3.47. The van der Waals surface area contributed by atoms with Gasteiger partial charge in [0.25, 0.3) is 0 Å². The molecule has 2 aromatic rings. The van der Waals surface area contributed by atoms with Crippen molar-refractivity contribution >= 4 is 35.1 Å². The van der Waals surface area contributed by atoms with Gasteiger partial charge in [-0.05, 0) is 42.0 Å². The van der Waals surface area contributed by atoms with E-state index in [1.807, 2.05) is 0 Å². The van der Waals surface area contributed by atoms with Gasteiger partial charge in [-0.25, -0.2) is 0 Å². The molecule has 0 bridgehead atoms. The van der Waals surface area contributed by atoms with Crippen molar-refractivity contribution in [3.63, 3.8) is 0 Å². The molecule has 2 rings (SSSR count). The van der Waals surface area contributed by atoms with Crippen molar-refractivity contribution in [1.82, 2.24) is 5.32 Å². The minimum Gasteiger partial charge on any atom is -0.426 e. The third kappa shape index (κ3) is 6.22. The first-order valence-electron chi connectivity index (χ1n) is 7.94. The Kier molecular flexibility index (Phi) is 6.74. The fourth-order valence-corrected chi connectivity index (χ4v) is 2.47. The second kappa shape index (κ2) is 9.01. The normalized spacial score (nSPS) is 11.3. The average molecular weight is 375 g/mol. The second-order valence-corrected chi connectivity index (χ2v) is 6.12. The van der Waals surface area contributed by atoms with E-state index < -0.39 is 12.0 Å². The number of ether oxygens (including phenoxy) is 1. The Hall–Kier alpha value is -2.86. The Morgan fingerprint density at radius 1 is 0.962 bits per heavy atom. The SMILES string of the molecule is CC(=O)Nc1ccc(OC(=O)CC(NC(C)=O)c2ccc(Cl)cc2)cc1. The topological polar surface area (TPSA) is 84.5 Å². The number of esters is 1. The summed E-state index contributed by atoms with van der Waals surface area (Å²) >= 11 is 5.87. The van der Waals surface area contributed by atoms with Crippen molar-refractivity contribution in [2.24, 2.45) is 0 Å². The summed E-state index contributed by atoms with van der Waals surface area (Å²) in [7, 11) is 0. The van der Waals surface area contributed by atoms with Crippen LogP contribution in [-0.4, -0.2) is 17.8 Å². The molecule has 1 atom stereocenters. The van der Waals surface area contributed by atoms with E-state index in [2.05, 4.69) is 10.6 Å². The van der Waals surface area contributed by atoms with E-state index in [1.54, 1.807) is 48.5 Å². The fourth-order valence-electron chi connectivity index (χ4n) is 2.34. The third-order valence-electron chi connectivity index (χ3n) is 3.43. The molecule has 136 valence electrons. The molecule has 2 aromatic carbocycles. The Bertz CT molecular complexity index is 788. The third-order valence-corrected chi connectivity index (χ3v) is 3.68. The number of benzene rings is 2. The zero-order valence-electron chi connectivity index (χ0n) is 14.4. The maximum atomic E-state index is 12.2. The smallest absolute Gasteiger partial charge is 0.313 e. The van der Waals surface area contributed by atoms with Crippen LogP contribution in [0.2, 0.25) is 5.02 Å². The molecule has 0 aliphatic rings. The quantitative estimate of drug-likeness (QED) is 0.599. The number of nitrogens with one attached hydrogen (secondary N) is 2. The number of amides is 2. The highest BCUT2D eigenvalue weighted by atomic mass is 35.5. The number of carbonyl (C=O) groups excluding carboxylic acids is 3. The van der Waals surface area contributed by atoms with Crippen molar-refractivity contribution in [2.45, 2.75) is 26.3 Å². The van der Waals surface area contributed by atoms with Gasteiger partial charge in [-0.1, -0.05) is 23.7 Å². The van der Waals surface area contributed by atoms with Crippen LogP contribution in [0.3, 0.4) is 0 Å². The van der Waals surface area contributed by atoms with E-state index in [4.69, 9.17) is 16.3 Å². The van der Waals surface area contributed by atoms with Gasteiger partial charge >= 0.3 is 5.97 Å². The average Bonchev–Trinajstić information content (AvgIpc) is 2.56. The van der Waals surface area contributed by atoms with Crippen molar-refractivity contribution in [3.05, 3.63) is 59.1 Å². The number of hydrogen-bond acceptors (Lipinski definition) is 4. The Morgan fingerprint density at radius 2 is 1.58 bits per heavy atom. The van der Waals surface area contributed by atoms with Gasteiger partial charge in [0, 0.05) is 24.6 Å². The van der Waals surface area contributed by atoms with Gasteiger partial charge in [0.1, 0.15) is 5.75 Å². The molecule has 0 spiro atoms. The molecule has 0 heterocycles. The maximum absolute atomic E-state index is 12.2. The molecule has 0 aliphatic heterocycles. The standard InChI is InChI=1S/C19H19ClN2O4/c1-12(23)21-16-7-9-17(10-8-16)26-19(25)11-18(22-13(2)24)14-3-5-15(20)6-4-14/h3-10,18H,11H2,1-2H3,(H,21,23)(H,22,24). The summed E-state index contributed by atoms with van der Waals surface area (Å²) < 4.78 is 5.30. The zero-order chi connectivity index (χ0) is 19.1. The van der Waals surface area contributed by atoms with E-state index in [0.29, 0.717) is 16.5 Å². The minimum atomic E-state index is -0.518. The Balaban J connectivity index is 2.03. The molecule has 7 heteroatoms. The first-order chi connectivity index (χ1) is 12.3. The van der Waals surface area contributed by atoms with Crippen LogP contribution >= 0.6 is 11.6 Å². The molecule has 2 amide bonds. The first kappa shape index (κ1) is 19.5. The summed E-state index contributed by atoms with van der Waals surface area (Å²) in [5.41, 5.74) is 1.36. The van der Waals surface area contributed by atoms with Crippen LogP contribution < -0.4 is 15.4 Å². The fraction of sp³-hybridized carbons (Fsp3) is 0.211. The lowest BCUT2D eigenvalue weighted by Crippen LogP contribution is -2.29. The molecule has 26 heavy (non-hydrogen) atoms. The lowest BCUT2D eigenvalue weighted by Gasteiger charge is -2.17. The number of halogens is 1. The summed E-state index contributed by atoms with van der Waals surface area (Å²) in [5, 5.41) is 5.93. The number of anilines is 1. The van der Waals surface area contributed by atoms with Crippen LogP contribution in [0.15, 0.2) is 48.5 Å². The monoisotopic (exact) mass is 374 g/mol. The Labute approximate surface area is 156 Å². The van der Waals surface area contributed by atoms with Gasteiger partial charge in [-0.15, -0.1) is 0 Å². The molecule has 0 aromatic heterocycles. The van der Waals surface area contributed by atoms with Gasteiger partial charge in [-0.2, -0.15) is 0 Å². The molecule has 0 aliphatic carbocycles. The summed E-state index contributed by atoms with van der Waals surface area (Å²) in [6.45, 7) is 2.79. The van der Waals surface area contributed by atoms with Gasteiger partial charge in [0.15, 0.2) is 0 Å². The highest BCUT2D eigenvalue weighted by Crippen LogP contribution is 2.22. The van der Waals surface area contributed by atoms with Gasteiger partial charge < -0.3 is 15.4 Å². The highest BCUT2D eigenvalue weighted by molar-refractivity contribution is 6.30. The van der Waals surface area contributed by atoms with E-state index in [-0.39, 0.29) is 18.2 Å². The van der Waals surface area contributed by atoms with Crippen LogP contribution in [-0.2, 0) is 14.4 Å². The molecular formula is C19H19ClN2O4. The summed E-state index contributed by atoms with van der Waals surface area (Å²) in [6.07, 6.45) is -0.0331. The van der Waals surface area contributed by atoms with Gasteiger partial charge in [0.2, 0.25) is 11.8 Å². The molecule has 0 radical (unpaired) electrons. The molecule has 0 saturated heterocycles. The first-order valence-corrected chi connectivity index (χ1v) is 8.32. The van der Waals surface area contributed by atoms with E-state index >= 15 is 0 Å². The number of carbonyl (C=O) groups is 3. The van der Waals surface area contributed by atoms with Crippen LogP contribution in [0.1, 0.15) is 31.9 Å². The molecule has 2 N–H and O–H groups in total. The Morgan fingerprint density at radius 3 is 2.12 bits per heavy atom. The van der Waals surface area contributed by atoms with E-state index in [0.717, 1.165) is 5.56 Å². The van der Waals surface area contributed by atoms with Gasteiger partial charge in [-0.3, -0.25) is 14.4 Å². The lowest BCUT2D eigenvalue weighted by atomic mass is 10.0. The van der Waals surface area contributed by atoms with Crippen LogP contribution in [0.25, 0.3) is 0 Å². The molecule has 1 unspecified atom stereocenters. The highest BCUT2D eigenvalue weighted by Gasteiger charge is 2.18. The lowest BCUT2D eigenvalue weighted by molar-refractivity contribution is -0.135. The van der Waals surface area contributed by atoms with Crippen molar-refractivity contribution < 1.29 is 19.1 Å². The molecule has 0 fully saturated rings.